The largest absolute Gasteiger partial charge is 0.406 e. The quantitative estimate of drug-likeness (QED) is 0.516. The van der Waals surface area contributed by atoms with Crippen LogP contribution in [0.4, 0.5) is 17.3 Å². The van der Waals surface area contributed by atoms with Gasteiger partial charge >= 0.3 is 5.82 Å². The summed E-state index contributed by atoms with van der Waals surface area (Å²) >= 11 is 0. The lowest BCUT2D eigenvalue weighted by molar-refractivity contribution is -0.388. The van der Waals surface area contributed by atoms with Crippen LogP contribution in [0.25, 0.3) is 0 Å². The van der Waals surface area contributed by atoms with E-state index in [1.165, 1.54) is 5.56 Å². The molecule has 1 aromatic heterocycles. The second-order valence-electron chi connectivity index (χ2n) is 5.28. The fourth-order valence-corrected chi connectivity index (χ4v) is 2.85. The average Bonchev–Trinajstić information content (AvgIpc) is 2.75. The van der Waals surface area contributed by atoms with Crippen LogP contribution < -0.4 is 10.6 Å². The Morgan fingerprint density at radius 1 is 1.43 bits per heavy atom. The molecule has 0 radical (unpaired) electrons. The van der Waals surface area contributed by atoms with Crippen molar-refractivity contribution < 1.29 is 4.92 Å². The van der Waals surface area contributed by atoms with Gasteiger partial charge in [0.15, 0.2) is 0 Å². The zero-order valence-electron chi connectivity index (χ0n) is 12.0. The van der Waals surface area contributed by atoms with Gasteiger partial charge in [-0.25, -0.2) is 0 Å². The van der Waals surface area contributed by atoms with E-state index in [4.69, 9.17) is 5.73 Å². The first-order valence-electron chi connectivity index (χ1n) is 6.78. The van der Waals surface area contributed by atoms with Crippen molar-refractivity contribution in [3.8, 4) is 0 Å². The van der Waals surface area contributed by atoms with Gasteiger partial charge in [-0.05, 0) is 33.5 Å². The predicted molar refractivity (Wildman–Crippen MR) is 80.2 cm³/mol. The second-order valence-corrected chi connectivity index (χ2v) is 5.28. The van der Waals surface area contributed by atoms with Crippen LogP contribution in [0.1, 0.15) is 17.0 Å². The average molecular weight is 287 g/mol. The summed E-state index contributed by atoms with van der Waals surface area (Å²) in [6, 6.07) is 5.87. The summed E-state index contributed by atoms with van der Waals surface area (Å²) in [5.74, 6) is 1.09. The van der Waals surface area contributed by atoms with Crippen LogP contribution in [0.15, 0.2) is 18.2 Å². The van der Waals surface area contributed by atoms with Crippen molar-refractivity contribution in [2.75, 3.05) is 17.2 Å². The lowest BCUT2D eigenvalue weighted by Crippen LogP contribution is -2.32. The Labute approximate surface area is 122 Å². The number of fused-ring (bicyclic) bond motifs is 1. The highest BCUT2D eigenvalue weighted by Crippen LogP contribution is 2.33. The van der Waals surface area contributed by atoms with Crippen molar-refractivity contribution >= 4 is 17.3 Å². The molecule has 0 bridgehead atoms. The van der Waals surface area contributed by atoms with Crippen LogP contribution in [0.2, 0.25) is 0 Å². The summed E-state index contributed by atoms with van der Waals surface area (Å²) in [4.78, 5) is 16.8. The zero-order valence-corrected chi connectivity index (χ0v) is 12.0. The number of nitrogen functional groups attached to an aromatic ring is 1. The molecule has 0 amide bonds. The SMILES string of the molecule is Cc1nc([N+](=O)[O-])c(N2CCc3cccc(N)c3C2)n1C. The van der Waals surface area contributed by atoms with Crippen molar-refractivity contribution in [2.45, 2.75) is 19.9 Å². The number of nitrogens with zero attached hydrogens (tertiary/aromatic N) is 4. The third-order valence-corrected chi connectivity index (χ3v) is 4.05. The first-order chi connectivity index (χ1) is 9.99. The van der Waals surface area contributed by atoms with Crippen molar-refractivity contribution in [1.29, 1.82) is 0 Å². The summed E-state index contributed by atoms with van der Waals surface area (Å²) in [5, 5.41) is 11.2. The molecule has 110 valence electrons. The molecule has 0 fully saturated rings. The van der Waals surface area contributed by atoms with Crippen molar-refractivity contribution in [3.63, 3.8) is 0 Å². The number of aromatic nitrogens is 2. The maximum Gasteiger partial charge on any atom is 0.406 e. The molecule has 3 rings (SSSR count). The highest BCUT2D eigenvalue weighted by molar-refractivity contribution is 5.60. The molecule has 0 spiro atoms. The lowest BCUT2D eigenvalue weighted by Gasteiger charge is -2.30. The zero-order chi connectivity index (χ0) is 15.1. The Morgan fingerprint density at radius 3 is 2.90 bits per heavy atom. The van der Waals surface area contributed by atoms with Gasteiger partial charge in [0.05, 0.1) is 0 Å². The van der Waals surface area contributed by atoms with Gasteiger partial charge in [-0.15, -0.1) is 0 Å². The number of anilines is 2. The van der Waals surface area contributed by atoms with Crippen molar-refractivity contribution in [3.05, 3.63) is 45.3 Å². The molecule has 21 heavy (non-hydrogen) atoms. The van der Waals surface area contributed by atoms with Gasteiger partial charge in [0.25, 0.3) is 0 Å². The van der Waals surface area contributed by atoms with Crippen molar-refractivity contribution in [1.82, 2.24) is 9.55 Å². The van der Waals surface area contributed by atoms with E-state index in [9.17, 15) is 10.1 Å². The van der Waals surface area contributed by atoms with E-state index in [0.29, 0.717) is 18.2 Å². The van der Waals surface area contributed by atoms with E-state index in [-0.39, 0.29) is 5.82 Å². The lowest BCUT2D eigenvalue weighted by atomic mass is 9.98. The van der Waals surface area contributed by atoms with Gasteiger partial charge in [0, 0.05) is 32.7 Å². The molecule has 0 atom stereocenters. The highest BCUT2D eigenvalue weighted by Gasteiger charge is 2.30. The number of benzene rings is 1. The normalized spacial score (nSPS) is 14.1. The molecular formula is C14H17N5O2. The molecule has 0 unspecified atom stereocenters. The Bertz CT molecular complexity index is 722. The van der Waals surface area contributed by atoms with Gasteiger partial charge in [-0.3, -0.25) is 4.57 Å². The van der Waals surface area contributed by atoms with Crippen LogP contribution in [-0.2, 0) is 20.0 Å². The number of hydrogen-bond donors (Lipinski definition) is 1. The Balaban J connectivity index is 2.04. The van der Waals surface area contributed by atoms with Gasteiger partial charge in [-0.2, -0.15) is 0 Å². The molecular weight excluding hydrogens is 270 g/mol. The minimum Gasteiger partial charge on any atom is -0.398 e. The summed E-state index contributed by atoms with van der Waals surface area (Å²) in [5.41, 5.74) is 9.04. The number of hydrogen-bond acceptors (Lipinski definition) is 5. The van der Waals surface area contributed by atoms with Crippen LogP contribution in [0.5, 0.6) is 0 Å². The van der Waals surface area contributed by atoms with Gasteiger partial charge in [-0.1, -0.05) is 12.1 Å². The highest BCUT2D eigenvalue weighted by atomic mass is 16.6. The molecule has 2 N–H and O–H groups in total. The van der Waals surface area contributed by atoms with E-state index in [0.717, 1.165) is 24.2 Å². The van der Waals surface area contributed by atoms with Crippen LogP contribution in [0.3, 0.4) is 0 Å². The third kappa shape index (κ3) is 2.10. The first-order valence-corrected chi connectivity index (χ1v) is 6.78. The Kier molecular flexibility index (Phi) is 3.04. The molecule has 2 heterocycles. The molecule has 1 aliphatic rings. The van der Waals surface area contributed by atoms with Crippen LogP contribution in [0, 0.1) is 17.0 Å². The molecule has 7 heteroatoms. The summed E-state index contributed by atoms with van der Waals surface area (Å²) in [6.45, 7) is 3.06. The topological polar surface area (TPSA) is 90.2 Å². The van der Waals surface area contributed by atoms with Crippen molar-refractivity contribution in [2.24, 2.45) is 7.05 Å². The summed E-state index contributed by atoms with van der Waals surface area (Å²) in [6.07, 6.45) is 0.821. The van der Waals surface area contributed by atoms with E-state index in [1.54, 1.807) is 18.5 Å². The smallest absolute Gasteiger partial charge is 0.398 e. The molecule has 2 aromatic rings. The van der Waals surface area contributed by atoms with E-state index in [1.807, 2.05) is 17.0 Å². The Hall–Kier alpha value is -2.57. The van der Waals surface area contributed by atoms with E-state index < -0.39 is 4.92 Å². The minimum atomic E-state index is -0.424. The predicted octanol–water partition coefficient (Wildman–Crippen LogP) is 1.78. The van der Waals surface area contributed by atoms with Crippen LogP contribution >= 0.6 is 0 Å². The number of rotatable bonds is 2. The number of imidazole rings is 1. The maximum atomic E-state index is 11.2. The number of nitrogens with two attached hydrogens (primary N) is 1. The summed E-state index contributed by atoms with van der Waals surface area (Å²) in [7, 11) is 1.80. The number of nitro groups is 1. The van der Waals surface area contributed by atoms with Gasteiger partial charge < -0.3 is 20.7 Å². The van der Waals surface area contributed by atoms with Gasteiger partial charge in [0.1, 0.15) is 0 Å². The first kappa shape index (κ1) is 13.4. The molecule has 7 nitrogen and oxygen atoms in total. The van der Waals surface area contributed by atoms with E-state index in [2.05, 4.69) is 11.1 Å². The second kappa shape index (κ2) is 4.76. The number of aryl methyl sites for hydroxylation is 1. The Morgan fingerprint density at radius 2 is 2.19 bits per heavy atom. The minimum absolute atomic E-state index is 0.0899. The van der Waals surface area contributed by atoms with Crippen LogP contribution in [-0.4, -0.2) is 21.0 Å². The van der Waals surface area contributed by atoms with E-state index >= 15 is 0 Å². The standard InChI is InChI=1S/C14H17N5O2/c1-9-16-13(19(20)21)14(17(9)2)18-7-6-10-4-3-5-12(15)11(10)8-18/h3-5H,6-8,15H2,1-2H3. The molecule has 1 aromatic carbocycles. The maximum absolute atomic E-state index is 11.2. The molecule has 1 aliphatic heterocycles. The monoisotopic (exact) mass is 287 g/mol. The fraction of sp³-hybridized carbons (Fsp3) is 0.357. The fourth-order valence-electron chi connectivity index (χ4n) is 2.85. The molecule has 0 saturated heterocycles. The van der Waals surface area contributed by atoms with Gasteiger partial charge in [0.2, 0.25) is 11.6 Å². The summed E-state index contributed by atoms with van der Waals surface area (Å²) < 4.78 is 1.77. The molecule has 0 aliphatic carbocycles. The third-order valence-electron chi connectivity index (χ3n) is 4.05. The molecule has 0 saturated carbocycles.